The second-order valence-electron chi connectivity index (χ2n) is 4.83. The second kappa shape index (κ2) is 6.17. The molecule has 2 aromatic carbocycles. The van der Waals surface area contributed by atoms with Gasteiger partial charge in [0.15, 0.2) is 0 Å². The van der Waals surface area contributed by atoms with Gasteiger partial charge in [0.2, 0.25) is 0 Å². The summed E-state index contributed by atoms with van der Waals surface area (Å²) in [5, 5.41) is 10.4. The van der Waals surface area contributed by atoms with Crippen molar-refractivity contribution >= 4 is 27.5 Å². The van der Waals surface area contributed by atoms with Crippen LogP contribution < -0.4 is 4.74 Å². The van der Waals surface area contributed by atoms with Crippen LogP contribution in [-0.2, 0) is 0 Å². The highest BCUT2D eigenvalue weighted by atomic mass is 79.9. The summed E-state index contributed by atoms with van der Waals surface area (Å²) in [6, 6.07) is 9.35. The van der Waals surface area contributed by atoms with Crippen LogP contribution in [0.1, 0.15) is 29.7 Å². The van der Waals surface area contributed by atoms with Gasteiger partial charge in [-0.1, -0.05) is 33.6 Å². The molecule has 0 fully saturated rings. The van der Waals surface area contributed by atoms with E-state index >= 15 is 0 Å². The van der Waals surface area contributed by atoms with Crippen molar-refractivity contribution in [1.29, 1.82) is 0 Å². The van der Waals surface area contributed by atoms with Gasteiger partial charge in [0.05, 0.1) is 6.10 Å². The molecule has 4 heteroatoms. The summed E-state index contributed by atoms with van der Waals surface area (Å²) in [7, 11) is 0. The molecule has 0 aliphatic rings. The van der Waals surface area contributed by atoms with Gasteiger partial charge >= 0.3 is 0 Å². The molecule has 106 valence electrons. The molecule has 2 nitrogen and oxygen atoms in total. The maximum Gasteiger partial charge on any atom is 0.128 e. The fourth-order valence-electron chi connectivity index (χ4n) is 2.01. The predicted molar refractivity (Wildman–Crippen MR) is 85.8 cm³/mol. The normalized spacial score (nSPS) is 12.3. The van der Waals surface area contributed by atoms with Crippen LogP contribution in [0.5, 0.6) is 11.5 Å². The SMILES string of the molecule is Cc1cc(Oc2ccc([C@H](C)O)c(Br)c2)cc(C)c1Cl. The van der Waals surface area contributed by atoms with E-state index in [1.54, 1.807) is 6.92 Å². The highest BCUT2D eigenvalue weighted by Crippen LogP contribution is 2.32. The number of aliphatic hydroxyl groups is 1. The Morgan fingerprint density at radius 1 is 1.10 bits per heavy atom. The van der Waals surface area contributed by atoms with E-state index in [2.05, 4.69) is 15.9 Å². The Morgan fingerprint density at radius 3 is 2.20 bits per heavy atom. The van der Waals surface area contributed by atoms with Gasteiger partial charge in [-0.3, -0.25) is 0 Å². The Labute approximate surface area is 132 Å². The van der Waals surface area contributed by atoms with Crippen molar-refractivity contribution in [2.45, 2.75) is 26.9 Å². The van der Waals surface area contributed by atoms with Crippen LogP contribution in [0, 0.1) is 13.8 Å². The van der Waals surface area contributed by atoms with Gasteiger partial charge in [-0.05, 0) is 61.7 Å². The Morgan fingerprint density at radius 2 is 1.70 bits per heavy atom. The Bertz CT molecular complexity index is 615. The third-order valence-corrected chi connectivity index (χ3v) is 4.35. The third-order valence-electron chi connectivity index (χ3n) is 3.07. The number of halogens is 2. The van der Waals surface area contributed by atoms with Gasteiger partial charge in [-0.25, -0.2) is 0 Å². The van der Waals surface area contributed by atoms with Crippen molar-refractivity contribution in [2.75, 3.05) is 0 Å². The van der Waals surface area contributed by atoms with E-state index in [0.717, 1.165) is 31.9 Å². The molecule has 2 aromatic rings. The molecular weight excluding hydrogens is 340 g/mol. The van der Waals surface area contributed by atoms with Crippen LogP contribution in [-0.4, -0.2) is 5.11 Å². The molecular formula is C16H16BrClO2. The molecule has 1 N–H and O–H groups in total. The second-order valence-corrected chi connectivity index (χ2v) is 6.06. The molecule has 0 unspecified atom stereocenters. The molecule has 0 aromatic heterocycles. The maximum atomic E-state index is 9.60. The summed E-state index contributed by atoms with van der Waals surface area (Å²) in [6.07, 6.45) is -0.515. The predicted octanol–water partition coefficient (Wildman–Crippen LogP) is 5.56. The van der Waals surface area contributed by atoms with Crippen molar-refractivity contribution in [3.63, 3.8) is 0 Å². The topological polar surface area (TPSA) is 29.5 Å². The lowest BCUT2D eigenvalue weighted by atomic mass is 10.1. The summed E-state index contributed by atoms with van der Waals surface area (Å²) < 4.78 is 6.67. The molecule has 0 aliphatic carbocycles. The number of benzene rings is 2. The fraction of sp³-hybridized carbons (Fsp3) is 0.250. The van der Waals surface area contributed by atoms with Crippen molar-refractivity contribution in [1.82, 2.24) is 0 Å². The van der Waals surface area contributed by atoms with E-state index in [4.69, 9.17) is 16.3 Å². The molecule has 0 saturated carbocycles. The van der Waals surface area contributed by atoms with Crippen LogP contribution in [0.4, 0.5) is 0 Å². The van der Waals surface area contributed by atoms with Crippen LogP contribution >= 0.6 is 27.5 Å². The van der Waals surface area contributed by atoms with Crippen molar-refractivity contribution in [2.24, 2.45) is 0 Å². The van der Waals surface area contributed by atoms with E-state index in [-0.39, 0.29) is 0 Å². The van der Waals surface area contributed by atoms with Gasteiger partial charge in [-0.2, -0.15) is 0 Å². The lowest BCUT2D eigenvalue weighted by molar-refractivity contribution is 0.198. The molecule has 1 atom stereocenters. The number of hydrogen-bond donors (Lipinski definition) is 1. The van der Waals surface area contributed by atoms with Gasteiger partial charge < -0.3 is 9.84 Å². The molecule has 0 spiro atoms. The Balaban J connectivity index is 2.29. The minimum Gasteiger partial charge on any atom is -0.457 e. The molecule has 0 aliphatic heterocycles. The average molecular weight is 356 g/mol. The number of aliphatic hydroxyl groups excluding tert-OH is 1. The molecule has 0 heterocycles. The molecule has 20 heavy (non-hydrogen) atoms. The maximum absolute atomic E-state index is 9.60. The smallest absolute Gasteiger partial charge is 0.128 e. The van der Waals surface area contributed by atoms with E-state index in [1.165, 1.54) is 0 Å². The first-order valence-corrected chi connectivity index (χ1v) is 7.47. The fourth-order valence-corrected chi connectivity index (χ4v) is 2.81. The molecule has 0 bridgehead atoms. The lowest BCUT2D eigenvalue weighted by Gasteiger charge is -2.12. The monoisotopic (exact) mass is 354 g/mol. The Kier molecular flexibility index (Phi) is 4.74. The molecule has 0 saturated heterocycles. The quantitative estimate of drug-likeness (QED) is 0.780. The third kappa shape index (κ3) is 3.35. The number of rotatable bonds is 3. The van der Waals surface area contributed by atoms with Gasteiger partial charge in [0.1, 0.15) is 11.5 Å². The highest BCUT2D eigenvalue weighted by Gasteiger charge is 2.09. The first-order valence-electron chi connectivity index (χ1n) is 6.30. The summed E-state index contributed by atoms with van der Waals surface area (Å²) >= 11 is 9.58. The zero-order valence-electron chi connectivity index (χ0n) is 11.6. The first kappa shape index (κ1) is 15.4. The summed E-state index contributed by atoms with van der Waals surface area (Å²) in [5.41, 5.74) is 2.81. The van der Waals surface area contributed by atoms with Gasteiger partial charge in [0.25, 0.3) is 0 Å². The zero-order valence-corrected chi connectivity index (χ0v) is 13.9. The van der Waals surface area contributed by atoms with E-state index in [9.17, 15) is 5.11 Å². The largest absolute Gasteiger partial charge is 0.457 e. The van der Waals surface area contributed by atoms with Gasteiger partial charge in [-0.15, -0.1) is 0 Å². The van der Waals surface area contributed by atoms with Crippen LogP contribution in [0.25, 0.3) is 0 Å². The summed E-state index contributed by atoms with van der Waals surface area (Å²) in [6.45, 7) is 5.63. The van der Waals surface area contributed by atoms with Crippen LogP contribution in [0.2, 0.25) is 5.02 Å². The zero-order chi connectivity index (χ0) is 14.9. The van der Waals surface area contributed by atoms with E-state index in [1.807, 2.05) is 44.2 Å². The standard InChI is InChI=1S/C16H16BrClO2/c1-9-6-13(7-10(2)16(9)18)20-12-4-5-14(11(3)19)15(17)8-12/h4-8,11,19H,1-3H3/t11-/m0/s1. The van der Waals surface area contributed by atoms with Crippen molar-refractivity contribution < 1.29 is 9.84 Å². The van der Waals surface area contributed by atoms with Crippen molar-refractivity contribution in [3.8, 4) is 11.5 Å². The van der Waals surface area contributed by atoms with Crippen LogP contribution in [0.15, 0.2) is 34.8 Å². The van der Waals surface area contributed by atoms with Crippen LogP contribution in [0.3, 0.4) is 0 Å². The average Bonchev–Trinajstić information content (AvgIpc) is 2.35. The molecule has 0 amide bonds. The minimum absolute atomic E-state index is 0.515. The highest BCUT2D eigenvalue weighted by molar-refractivity contribution is 9.10. The molecule has 0 radical (unpaired) electrons. The molecule has 2 rings (SSSR count). The van der Waals surface area contributed by atoms with E-state index < -0.39 is 6.10 Å². The number of aryl methyl sites for hydroxylation is 2. The van der Waals surface area contributed by atoms with Crippen molar-refractivity contribution in [3.05, 3.63) is 56.5 Å². The lowest BCUT2D eigenvalue weighted by Crippen LogP contribution is -1.93. The van der Waals surface area contributed by atoms with Gasteiger partial charge in [0, 0.05) is 9.50 Å². The number of hydrogen-bond acceptors (Lipinski definition) is 2. The first-order chi connectivity index (χ1) is 9.38. The Hall–Kier alpha value is -1.03. The number of ether oxygens (including phenoxy) is 1. The van der Waals surface area contributed by atoms with E-state index in [0.29, 0.717) is 5.75 Å². The minimum atomic E-state index is -0.515. The summed E-state index contributed by atoms with van der Waals surface area (Å²) in [4.78, 5) is 0. The summed E-state index contributed by atoms with van der Waals surface area (Å²) in [5.74, 6) is 1.46.